The van der Waals surface area contributed by atoms with Gasteiger partial charge in [-0.3, -0.25) is 9.48 Å². The first-order chi connectivity index (χ1) is 16.8. The summed E-state index contributed by atoms with van der Waals surface area (Å²) in [6.07, 6.45) is -4.23. The standard InChI is InChI=1S/C22H17BrF6N6O/c1-3-34-10-14(23)17(31-34)11-33(2)20(36)16-9-19-30-15(12-4-6-13(24)7-5-12)8-18(35(19)32-16)21(25,26)22(27,28)29/h4-10H,3,11H2,1-2H3. The van der Waals surface area contributed by atoms with E-state index in [1.807, 2.05) is 6.92 Å². The lowest BCUT2D eigenvalue weighted by Crippen LogP contribution is -2.36. The number of hydrogen-bond acceptors (Lipinski definition) is 4. The normalized spacial score (nSPS) is 12.4. The Labute approximate surface area is 208 Å². The summed E-state index contributed by atoms with van der Waals surface area (Å²) in [7, 11) is 1.41. The first-order valence-electron chi connectivity index (χ1n) is 10.4. The van der Waals surface area contributed by atoms with Crippen molar-refractivity contribution in [2.24, 2.45) is 0 Å². The second-order valence-electron chi connectivity index (χ2n) is 7.85. The number of aromatic nitrogens is 5. The molecular formula is C22H17BrF6N6O. The highest BCUT2D eigenvalue weighted by molar-refractivity contribution is 9.10. The zero-order valence-electron chi connectivity index (χ0n) is 18.7. The Balaban J connectivity index is 1.79. The van der Waals surface area contributed by atoms with Crippen LogP contribution < -0.4 is 0 Å². The van der Waals surface area contributed by atoms with Gasteiger partial charge in [-0.05, 0) is 53.2 Å². The van der Waals surface area contributed by atoms with E-state index in [0.717, 1.165) is 18.2 Å². The summed E-state index contributed by atoms with van der Waals surface area (Å²) in [5.41, 5.74) is -2.01. The van der Waals surface area contributed by atoms with Crippen molar-refractivity contribution >= 4 is 27.5 Å². The Morgan fingerprint density at radius 2 is 1.75 bits per heavy atom. The third-order valence-corrected chi connectivity index (χ3v) is 5.97. The second-order valence-corrected chi connectivity index (χ2v) is 8.70. The van der Waals surface area contributed by atoms with Crippen molar-refractivity contribution in [1.82, 2.24) is 29.3 Å². The molecule has 4 rings (SSSR count). The highest BCUT2D eigenvalue weighted by Gasteiger charge is 2.60. The molecule has 3 aromatic heterocycles. The van der Waals surface area contributed by atoms with Crippen LogP contribution in [0.25, 0.3) is 16.9 Å². The van der Waals surface area contributed by atoms with Crippen LogP contribution in [-0.4, -0.2) is 48.4 Å². The monoisotopic (exact) mass is 574 g/mol. The Bertz CT molecular complexity index is 1430. The minimum absolute atomic E-state index is 0.0140. The molecule has 0 fully saturated rings. The molecule has 0 aliphatic carbocycles. The van der Waals surface area contributed by atoms with Gasteiger partial charge in [0.1, 0.15) is 11.5 Å². The summed E-state index contributed by atoms with van der Waals surface area (Å²) in [5, 5.41) is 8.03. The number of hydrogen-bond donors (Lipinski definition) is 0. The van der Waals surface area contributed by atoms with Gasteiger partial charge in [0, 0.05) is 31.4 Å². The second kappa shape index (κ2) is 9.22. The molecule has 0 N–H and O–H groups in total. The molecule has 0 aliphatic rings. The molecular weight excluding hydrogens is 558 g/mol. The molecule has 4 aromatic rings. The summed E-state index contributed by atoms with van der Waals surface area (Å²) in [4.78, 5) is 18.3. The van der Waals surface area contributed by atoms with Gasteiger partial charge in [-0.2, -0.15) is 32.1 Å². The van der Waals surface area contributed by atoms with Crippen molar-refractivity contribution in [1.29, 1.82) is 0 Å². The van der Waals surface area contributed by atoms with Crippen molar-refractivity contribution in [2.75, 3.05) is 7.05 Å². The number of amides is 1. The number of fused-ring (bicyclic) bond motifs is 1. The quantitative estimate of drug-likeness (QED) is 0.288. The van der Waals surface area contributed by atoms with E-state index in [2.05, 4.69) is 31.1 Å². The number of benzene rings is 1. The van der Waals surface area contributed by atoms with Crippen LogP contribution in [0.15, 0.2) is 47.1 Å². The third-order valence-electron chi connectivity index (χ3n) is 5.31. The molecule has 0 spiro atoms. The lowest BCUT2D eigenvalue weighted by atomic mass is 10.1. The molecule has 0 radical (unpaired) electrons. The van der Waals surface area contributed by atoms with Crippen LogP contribution >= 0.6 is 15.9 Å². The van der Waals surface area contributed by atoms with E-state index in [4.69, 9.17) is 0 Å². The summed E-state index contributed by atoms with van der Waals surface area (Å²) in [6.45, 7) is 2.47. The van der Waals surface area contributed by atoms with Crippen molar-refractivity contribution < 1.29 is 31.1 Å². The fraction of sp³-hybridized carbons (Fsp3) is 0.273. The Kier molecular flexibility index (Phi) is 6.58. The van der Waals surface area contributed by atoms with E-state index in [-0.39, 0.29) is 17.8 Å². The minimum Gasteiger partial charge on any atom is -0.334 e. The number of alkyl halides is 5. The molecule has 1 aromatic carbocycles. The van der Waals surface area contributed by atoms with Gasteiger partial charge < -0.3 is 4.90 Å². The summed E-state index contributed by atoms with van der Waals surface area (Å²) >= 11 is 3.34. The van der Waals surface area contributed by atoms with Gasteiger partial charge in [-0.1, -0.05) is 0 Å². The Hall–Kier alpha value is -3.42. The van der Waals surface area contributed by atoms with Crippen LogP contribution in [0.3, 0.4) is 0 Å². The van der Waals surface area contributed by atoms with Gasteiger partial charge >= 0.3 is 12.1 Å². The molecule has 0 saturated heterocycles. The van der Waals surface area contributed by atoms with E-state index >= 15 is 0 Å². The predicted octanol–water partition coefficient (Wildman–Crippen LogP) is 5.44. The van der Waals surface area contributed by atoms with Crippen LogP contribution in [0.2, 0.25) is 0 Å². The van der Waals surface area contributed by atoms with E-state index in [9.17, 15) is 31.1 Å². The van der Waals surface area contributed by atoms with Crippen molar-refractivity contribution in [3.8, 4) is 11.3 Å². The zero-order valence-corrected chi connectivity index (χ0v) is 20.3. The zero-order chi connectivity index (χ0) is 26.4. The van der Waals surface area contributed by atoms with Gasteiger partial charge in [-0.25, -0.2) is 13.9 Å². The summed E-state index contributed by atoms with van der Waals surface area (Å²) in [5.74, 6) is -6.70. The molecule has 14 heteroatoms. The molecule has 0 unspecified atom stereocenters. The van der Waals surface area contributed by atoms with Gasteiger partial charge in [0.2, 0.25) is 0 Å². The molecule has 0 saturated carbocycles. The molecule has 0 aliphatic heterocycles. The van der Waals surface area contributed by atoms with Gasteiger partial charge in [-0.15, -0.1) is 0 Å². The topological polar surface area (TPSA) is 68.3 Å². The minimum atomic E-state index is -5.95. The van der Waals surface area contributed by atoms with Crippen LogP contribution in [-0.2, 0) is 19.0 Å². The molecule has 190 valence electrons. The van der Waals surface area contributed by atoms with Crippen LogP contribution in [0.1, 0.15) is 28.8 Å². The molecule has 0 bridgehead atoms. The predicted molar refractivity (Wildman–Crippen MR) is 120 cm³/mol. The number of carbonyl (C=O) groups excluding carboxylic acids is 1. The van der Waals surface area contributed by atoms with Gasteiger partial charge in [0.05, 0.1) is 22.4 Å². The molecule has 0 atom stereocenters. The summed E-state index contributed by atoms with van der Waals surface area (Å²) < 4.78 is 84.7. The van der Waals surface area contributed by atoms with Crippen LogP contribution in [0.4, 0.5) is 26.3 Å². The van der Waals surface area contributed by atoms with E-state index < -0.39 is 40.9 Å². The number of carbonyl (C=O) groups is 1. The number of rotatable bonds is 6. The highest BCUT2D eigenvalue weighted by atomic mass is 79.9. The fourth-order valence-electron chi connectivity index (χ4n) is 3.41. The van der Waals surface area contributed by atoms with E-state index in [1.54, 1.807) is 10.9 Å². The number of nitrogens with zero attached hydrogens (tertiary/aromatic N) is 6. The molecule has 36 heavy (non-hydrogen) atoms. The first kappa shape index (κ1) is 25.7. The van der Waals surface area contributed by atoms with Crippen LogP contribution in [0, 0.1) is 5.82 Å². The van der Waals surface area contributed by atoms with Crippen LogP contribution in [0.5, 0.6) is 0 Å². The van der Waals surface area contributed by atoms with Crippen molar-refractivity contribution in [3.05, 3.63) is 70.0 Å². The largest absolute Gasteiger partial charge is 0.459 e. The molecule has 3 heterocycles. The van der Waals surface area contributed by atoms with E-state index in [0.29, 0.717) is 27.3 Å². The lowest BCUT2D eigenvalue weighted by molar-refractivity contribution is -0.291. The maximum Gasteiger partial charge on any atom is 0.459 e. The van der Waals surface area contributed by atoms with Gasteiger partial charge in [0.25, 0.3) is 5.91 Å². The van der Waals surface area contributed by atoms with Gasteiger partial charge in [0.15, 0.2) is 11.3 Å². The average molecular weight is 575 g/mol. The maximum absolute atomic E-state index is 14.5. The smallest absolute Gasteiger partial charge is 0.334 e. The number of aryl methyl sites for hydroxylation is 1. The molecule has 1 amide bonds. The van der Waals surface area contributed by atoms with Crippen molar-refractivity contribution in [2.45, 2.75) is 32.1 Å². The average Bonchev–Trinajstić information content (AvgIpc) is 3.40. The highest BCUT2D eigenvalue weighted by Crippen LogP contribution is 2.44. The fourth-order valence-corrected chi connectivity index (χ4v) is 3.86. The maximum atomic E-state index is 14.5. The Morgan fingerprint density at radius 1 is 1.08 bits per heavy atom. The number of halogens is 7. The summed E-state index contributed by atoms with van der Waals surface area (Å²) in [6, 6.07) is 5.94. The molecule has 7 nitrogen and oxygen atoms in total. The third kappa shape index (κ3) is 4.68. The first-order valence-corrected chi connectivity index (χ1v) is 11.2. The SMILES string of the molecule is CCn1cc(Br)c(CN(C)C(=O)c2cc3nc(-c4ccc(F)cc4)cc(C(F)(F)C(F)(F)F)n3n2)n1. The van der Waals surface area contributed by atoms with E-state index in [1.165, 1.54) is 24.1 Å². The lowest BCUT2D eigenvalue weighted by Gasteiger charge is -2.21. The Morgan fingerprint density at radius 3 is 2.33 bits per heavy atom. The van der Waals surface area contributed by atoms with Crippen molar-refractivity contribution in [3.63, 3.8) is 0 Å².